The van der Waals surface area contributed by atoms with Crippen LogP contribution in [-0.2, 0) is 0 Å². The Morgan fingerprint density at radius 1 is 1.27 bits per heavy atom. The highest BCUT2D eigenvalue weighted by Gasteiger charge is 2.07. The number of halogens is 1. The summed E-state index contributed by atoms with van der Waals surface area (Å²) in [5.74, 6) is 0.582. The fourth-order valence-corrected chi connectivity index (χ4v) is 1.64. The predicted octanol–water partition coefficient (Wildman–Crippen LogP) is 3.08. The van der Waals surface area contributed by atoms with E-state index in [1.165, 1.54) is 12.1 Å². The summed E-state index contributed by atoms with van der Waals surface area (Å²) < 4.78 is 13.0. The number of aromatic nitrogens is 1. The van der Waals surface area contributed by atoms with Gasteiger partial charge in [0, 0.05) is 5.39 Å². The summed E-state index contributed by atoms with van der Waals surface area (Å²) in [7, 11) is 0. The van der Waals surface area contributed by atoms with Crippen molar-refractivity contribution in [1.82, 2.24) is 4.98 Å². The fourth-order valence-electron chi connectivity index (χ4n) is 1.64. The summed E-state index contributed by atoms with van der Waals surface area (Å²) in [6.07, 6.45) is 0. The van der Waals surface area contributed by atoms with Crippen LogP contribution in [0.1, 0.15) is 25.3 Å². The molecule has 1 aromatic carbocycles. The molecule has 0 atom stereocenters. The molecule has 0 radical (unpaired) electrons. The first-order chi connectivity index (χ1) is 7.08. The molecule has 15 heavy (non-hydrogen) atoms. The second-order valence-corrected chi connectivity index (χ2v) is 3.95. The molecule has 0 saturated heterocycles. The molecule has 0 aliphatic carbocycles. The standard InChI is InChI=1S/C12H13FN2/c1-7(2)10-6-8-5-9(13)3-4-11(8)15-12(10)14/h3-7H,1-2H3,(H2,14,15). The van der Waals surface area contributed by atoms with Gasteiger partial charge < -0.3 is 5.73 Å². The monoisotopic (exact) mass is 204 g/mol. The number of benzene rings is 1. The van der Waals surface area contributed by atoms with E-state index in [-0.39, 0.29) is 5.82 Å². The highest BCUT2D eigenvalue weighted by Crippen LogP contribution is 2.25. The van der Waals surface area contributed by atoms with E-state index in [2.05, 4.69) is 4.98 Å². The van der Waals surface area contributed by atoms with E-state index in [1.807, 2.05) is 19.9 Å². The van der Waals surface area contributed by atoms with Gasteiger partial charge in [0.2, 0.25) is 0 Å². The lowest BCUT2D eigenvalue weighted by atomic mass is 10.0. The molecule has 1 aromatic heterocycles. The normalized spacial score (nSPS) is 11.2. The molecule has 2 aromatic rings. The highest BCUT2D eigenvalue weighted by atomic mass is 19.1. The highest BCUT2D eigenvalue weighted by molar-refractivity contribution is 5.81. The van der Waals surface area contributed by atoms with Crippen molar-refractivity contribution in [1.29, 1.82) is 0 Å². The number of nitrogens with two attached hydrogens (primary N) is 1. The van der Waals surface area contributed by atoms with Crippen molar-refractivity contribution in [2.24, 2.45) is 0 Å². The second-order valence-electron chi connectivity index (χ2n) is 3.95. The number of fused-ring (bicyclic) bond motifs is 1. The lowest BCUT2D eigenvalue weighted by molar-refractivity contribution is 0.629. The summed E-state index contributed by atoms with van der Waals surface area (Å²) in [6.45, 7) is 4.08. The molecule has 0 aliphatic heterocycles. The van der Waals surface area contributed by atoms with E-state index in [0.717, 1.165) is 16.5 Å². The van der Waals surface area contributed by atoms with Gasteiger partial charge >= 0.3 is 0 Å². The van der Waals surface area contributed by atoms with Crippen LogP contribution in [0.2, 0.25) is 0 Å². The first kappa shape index (κ1) is 9.90. The van der Waals surface area contributed by atoms with Crippen molar-refractivity contribution < 1.29 is 4.39 Å². The molecule has 0 aliphatic rings. The van der Waals surface area contributed by atoms with Crippen molar-refractivity contribution in [3.8, 4) is 0 Å². The van der Waals surface area contributed by atoms with Crippen molar-refractivity contribution in [3.05, 3.63) is 35.6 Å². The summed E-state index contributed by atoms with van der Waals surface area (Å²) in [5.41, 5.74) is 7.52. The van der Waals surface area contributed by atoms with Crippen LogP contribution in [0.3, 0.4) is 0 Å². The van der Waals surface area contributed by atoms with E-state index in [0.29, 0.717) is 11.7 Å². The quantitative estimate of drug-likeness (QED) is 0.775. The third kappa shape index (κ3) is 1.77. The van der Waals surface area contributed by atoms with Crippen LogP contribution in [0.25, 0.3) is 10.9 Å². The maximum atomic E-state index is 13.0. The van der Waals surface area contributed by atoms with E-state index < -0.39 is 0 Å². The number of rotatable bonds is 1. The van der Waals surface area contributed by atoms with Crippen molar-refractivity contribution in [2.45, 2.75) is 19.8 Å². The SMILES string of the molecule is CC(C)c1cc2cc(F)ccc2nc1N. The van der Waals surface area contributed by atoms with Crippen LogP contribution in [0, 0.1) is 5.82 Å². The van der Waals surface area contributed by atoms with Gasteiger partial charge in [-0.2, -0.15) is 0 Å². The first-order valence-corrected chi connectivity index (χ1v) is 4.93. The van der Waals surface area contributed by atoms with Crippen LogP contribution in [0.4, 0.5) is 10.2 Å². The Balaban J connectivity index is 2.72. The number of hydrogen-bond donors (Lipinski definition) is 1. The van der Waals surface area contributed by atoms with Gasteiger partial charge in [0.1, 0.15) is 11.6 Å². The molecule has 2 nitrogen and oxygen atoms in total. The van der Waals surface area contributed by atoms with Crippen molar-refractivity contribution in [2.75, 3.05) is 5.73 Å². The van der Waals surface area contributed by atoms with E-state index in [9.17, 15) is 4.39 Å². The summed E-state index contributed by atoms with van der Waals surface area (Å²) in [6, 6.07) is 6.42. The van der Waals surface area contributed by atoms with Gasteiger partial charge in [-0.25, -0.2) is 9.37 Å². The zero-order valence-electron chi connectivity index (χ0n) is 8.79. The Kier molecular flexibility index (Phi) is 2.31. The molecule has 0 fully saturated rings. The Morgan fingerprint density at radius 2 is 2.00 bits per heavy atom. The van der Waals surface area contributed by atoms with Crippen LogP contribution >= 0.6 is 0 Å². The summed E-state index contributed by atoms with van der Waals surface area (Å²) >= 11 is 0. The van der Waals surface area contributed by atoms with Gasteiger partial charge in [-0.1, -0.05) is 13.8 Å². The van der Waals surface area contributed by atoms with Gasteiger partial charge in [0.05, 0.1) is 5.52 Å². The zero-order valence-corrected chi connectivity index (χ0v) is 8.79. The minimum Gasteiger partial charge on any atom is -0.383 e. The Morgan fingerprint density at radius 3 is 2.67 bits per heavy atom. The smallest absolute Gasteiger partial charge is 0.127 e. The predicted molar refractivity (Wildman–Crippen MR) is 60.2 cm³/mol. The molecule has 3 heteroatoms. The maximum absolute atomic E-state index is 13.0. The number of anilines is 1. The first-order valence-electron chi connectivity index (χ1n) is 4.93. The Labute approximate surface area is 87.9 Å². The van der Waals surface area contributed by atoms with Crippen LogP contribution in [0.15, 0.2) is 24.3 Å². The lowest BCUT2D eigenvalue weighted by Gasteiger charge is -2.09. The zero-order chi connectivity index (χ0) is 11.0. The molecule has 0 unspecified atom stereocenters. The van der Waals surface area contributed by atoms with Crippen molar-refractivity contribution >= 4 is 16.7 Å². The van der Waals surface area contributed by atoms with Crippen LogP contribution in [0.5, 0.6) is 0 Å². The van der Waals surface area contributed by atoms with Crippen molar-refractivity contribution in [3.63, 3.8) is 0 Å². The number of nitrogens with zero attached hydrogens (tertiary/aromatic N) is 1. The fraction of sp³-hybridized carbons (Fsp3) is 0.250. The van der Waals surface area contributed by atoms with Gasteiger partial charge in [-0.15, -0.1) is 0 Å². The molecule has 78 valence electrons. The largest absolute Gasteiger partial charge is 0.383 e. The lowest BCUT2D eigenvalue weighted by Crippen LogP contribution is -2.00. The molecular weight excluding hydrogens is 191 g/mol. The third-order valence-electron chi connectivity index (χ3n) is 2.46. The number of nitrogen functional groups attached to an aromatic ring is 1. The van der Waals surface area contributed by atoms with Crippen LogP contribution in [-0.4, -0.2) is 4.98 Å². The summed E-state index contributed by atoms with van der Waals surface area (Å²) in [4.78, 5) is 4.25. The molecule has 0 spiro atoms. The minimum absolute atomic E-state index is 0.247. The minimum atomic E-state index is -0.247. The molecule has 1 heterocycles. The molecule has 2 N–H and O–H groups in total. The van der Waals surface area contributed by atoms with Gasteiger partial charge in [-0.05, 0) is 35.7 Å². The number of hydrogen-bond acceptors (Lipinski definition) is 2. The van der Waals surface area contributed by atoms with E-state index in [1.54, 1.807) is 6.07 Å². The van der Waals surface area contributed by atoms with E-state index >= 15 is 0 Å². The molecule has 0 amide bonds. The third-order valence-corrected chi connectivity index (χ3v) is 2.46. The Hall–Kier alpha value is -1.64. The van der Waals surface area contributed by atoms with E-state index in [4.69, 9.17) is 5.73 Å². The maximum Gasteiger partial charge on any atom is 0.127 e. The Bertz CT molecular complexity index is 506. The second kappa shape index (κ2) is 3.50. The topological polar surface area (TPSA) is 38.9 Å². The molecule has 0 bridgehead atoms. The summed E-state index contributed by atoms with van der Waals surface area (Å²) in [5, 5.41) is 0.799. The molecule has 2 rings (SSSR count). The van der Waals surface area contributed by atoms with Crippen LogP contribution < -0.4 is 5.73 Å². The average molecular weight is 204 g/mol. The van der Waals surface area contributed by atoms with Gasteiger partial charge in [-0.3, -0.25) is 0 Å². The number of pyridine rings is 1. The van der Waals surface area contributed by atoms with Gasteiger partial charge in [0.25, 0.3) is 0 Å². The molecule has 0 saturated carbocycles. The molecular formula is C12H13FN2. The van der Waals surface area contributed by atoms with Gasteiger partial charge in [0.15, 0.2) is 0 Å². The average Bonchev–Trinajstić information content (AvgIpc) is 2.17.